The van der Waals surface area contributed by atoms with Crippen LogP contribution < -0.4 is 0 Å². The van der Waals surface area contributed by atoms with E-state index >= 15 is 0 Å². The van der Waals surface area contributed by atoms with Gasteiger partial charge in [0.15, 0.2) is 5.69 Å². The molecule has 10 heteroatoms. The average molecular weight is 377 g/mol. The minimum Gasteiger partial charge on any atom is -0.468 e. The number of piperazine rings is 1. The first kappa shape index (κ1) is 17.8. The number of aryl methyl sites for hydroxylation is 1. The maximum atomic E-state index is 12.9. The van der Waals surface area contributed by atoms with Crippen molar-refractivity contribution in [2.24, 2.45) is 7.05 Å². The molecule has 0 N–H and O–H groups in total. The maximum Gasteiger partial charge on any atom is 0.436 e. The van der Waals surface area contributed by atoms with Crippen molar-refractivity contribution in [1.82, 2.24) is 19.6 Å². The fraction of sp³-hybridized carbons (Fsp3) is 0.467. The van der Waals surface area contributed by atoms with Gasteiger partial charge in [0.2, 0.25) is 0 Å². The van der Waals surface area contributed by atoms with E-state index in [4.69, 9.17) is 16.0 Å². The second kappa shape index (κ2) is 6.72. The Kier molecular flexibility index (Phi) is 4.79. The van der Waals surface area contributed by atoms with E-state index in [0.717, 1.165) is 10.4 Å². The highest BCUT2D eigenvalue weighted by Crippen LogP contribution is 2.35. The highest BCUT2D eigenvalue weighted by Gasteiger charge is 2.40. The van der Waals surface area contributed by atoms with Gasteiger partial charge in [0, 0.05) is 33.2 Å². The van der Waals surface area contributed by atoms with Crippen LogP contribution in [0.5, 0.6) is 0 Å². The van der Waals surface area contributed by atoms with Crippen molar-refractivity contribution >= 4 is 17.5 Å². The third-order valence-electron chi connectivity index (χ3n) is 4.08. The van der Waals surface area contributed by atoms with Crippen LogP contribution in [-0.4, -0.2) is 51.7 Å². The van der Waals surface area contributed by atoms with Crippen molar-refractivity contribution in [3.05, 3.63) is 40.6 Å². The average Bonchev–Trinajstić information content (AvgIpc) is 3.15. The van der Waals surface area contributed by atoms with Crippen LogP contribution >= 0.6 is 11.6 Å². The van der Waals surface area contributed by atoms with Crippen LogP contribution in [-0.2, 0) is 19.8 Å². The third kappa shape index (κ3) is 3.67. The van der Waals surface area contributed by atoms with Crippen LogP contribution in [0.15, 0.2) is 22.8 Å². The fourth-order valence-corrected chi connectivity index (χ4v) is 3.14. The molecule has 1 saturated heterocycles. The minimum atomic E-state index is -4.70. The first-order chi connectivity index (χ1) is 11.8. The Labute approximate surface area is 146 Å². The fourth-order valence-electron chi connectivity index (χ4n) is 2.79. The predicted octanol–water partition coefficient (Wildman–Crippen LogP) is 2.64. The van der Waals surface area contributed by atoms with Crippen LogP contribution in [0.25, 0.3) is 0 Å². The van der Waals surface area contributed by atoms with Crippen molar-refractivity contribution in [1.29, 1.82) is 0 Å². The molecule has 3 rings (SSSR count). The maximum absolute atomic E-state index is 12.9. The number of hydrogen-bond acceptors (Lipinski definition) is 4. The Balaban J connectivity index is 1.68. The molecule has 25 heavy (non-hydrogen) atoms. The molecule has 0 aromatic carbocycles. The molecular formula is C15H16ClF3N4O2. The van der Waals surface area contributed by atoms with Crippen LogP contribution in [0.4, 0.5) is 13.2 Å². The number of hydrogen-bond donors (Lipinski definition) is 0. The molecule has 0 bridgehead atoms. The van der Waals surface area contributed by atoms with Crippen molar-refractivity contribution < 1.29 is 22.4 Å². The van der Waals surface area contributed by atoms with Crippen molar-refractivity contribution in [3.8, 4) is 0 Å². The summed E-state index contributed by atoms with van der Waals surface area (Å²) in [5.41, 5.74) is -1.48. The lowest BCUT2D eigenvalue weighted by atomic mass is 10.2. The summed E-state index contributed by atoms with van der Waals surface area (Å²) in [5, 5.41) is 2.70. The van der Waals surface area contributed by atoms with E-state index in [1.807, 2.05) is 6.07 Å². The second-order valence-corrected chi connectivity index (χ2v) is 6.16. The van der Waals surface area contributed by atoms with Gasteiger partial charge in [-0.3, -0.25) is 14.4 Å². The summed E-state index contributed by atoms with van der Waals surface area (Å²) < 4.78 is 44.8. The number of amides is 1. The van der Waals surface area contributed by atoms with Crippen LogP contribution in [0.2, 0.25) is 5.02 Å². The summed E-state index contributed by atoms with van der Waals surface area (Å²) in [4.78, 5) is 16.2. The first-order valence-electron chi connectivity index (χ1n) is 7.61. The summed E-state index contributed by atoms with van der Waals surface area (Å²) >= 11 is 5.78. The summed E-state index contributed by atoms with van der Waals surface area (Å²) in [6.45, 7) is 2.59. The number of carbonyl (C=O) groups excluding carboxylic acids is 1. The summed E-state index contributed by atoms with van der Waals surface area (Å²) in [6, 6.07) is 3.67. The summed E-state index contributed by atoms with van der Waals surface area (Å²) in [6.07, 6.45) is -3.10. The standard InChI is InChI=1S/C15H16ClF3N4O2/c1-21-12(11(16)13(20-21)15(17,18)19)14(24)23-6-4-22(5-7-23)9-10-3-2-8-25-10/h2-3,8H,4-7,9H2,1H3. The molecule has 0 saturated carbocycles. The molecule has 0 unspecified atom stereocenters. The van der Waals surface area contributed by atoms with Crippen molar-refractivity contribution in [3.63, 3.8) is 0 Å². The monoisotopic (exact) mass is 376 g/mol. The normalized spacial score (nSPS) is 16.4. The minimum absolute atomic E-state index is 0.242. The molecule has 1 aliphatic heterocycles. The SMILES string of the molecule is Cn1nc(C(F)(F)F)c(Cl)c1C(=O)N1CCN(Cc2ccco2)CC1. The van der Waals surface area contributed by atoms with E-state index in [0.29, 0.717) is 32.7 Å². The summed E-state index contributed by atoms with van der Waals surface area (Å²) in [7, 11) is 1.28. The molecule has 0 atom stereocenters. The molecule has 2 aromatic rings. The molecular weight excluding hydrogens is 361 g/mol. The van der Waals surface area contributed by atoms with Crippen LogP contribution in [0.1, 0.15) is 21.9 Å². The highest BCUT2D eigenvalue weighted by molar-refractivity contribution is 6.34. The third-order valence-corrected chi connectivity index (χ3v) is 4.44. The van der Waals surface area contributed by atoms with E-state index in [9.17, 15) is 18.0 Å². The number of halogens is 4. The van der Waals surface area contributed by atoms with Gasteiger partial charge >= 0.3 is 6.18 Å². The van der Waals surface area contributed by atoms with Gasteiger partial charge in [0.05, 0.1) is 12.8 Å². The Hall–Kier alpha value is -2.00. The molecule has 136 valence electrons. The molecule has 1 fully saturated rings. The lowest BCUT2D eigenvalue weighted by Gasteiger charge is -2.34. The predicted molar refractivity (Wildman–Crippen MR) is 83.1 cm³/mol. The quantitative estimate of drug-likeness (QED) is 0.826. The van der Waals surface area contributed by atoms with E-state index in [1.54, 1.807) is 12.3 Å². The number of carbonyl (C=O) groups is 1. The zero-order chi connectivity index (χ0) is 18.2. The Morgan fingerprint density at radius 3 is 2.52 bits per heavy atom. The van der Waals surface area contributed by atoms with Crippen molar-refractivity contribution in [2.75, 3.05) is 26.2 Å². The zero-order valence-corrected chi connectivity index (χ0v) is 14.1. The molecule has 0 spiro atoms. The Bertz CT molecular complexity index is 750. The van der Waals surface area contributed by atoms with Gasteiger partial charge in [-0.1, -0.05) is 11.6 Å². The van der Waals surface area contributed by atoms with Gasteiger partial charge in [-0.25, -0.2) is 0 Å². The van der Waals surface area contributed by atoms with Gasteiger partial charge in [-0.05, 0) is 12.1 Å². The van der Waals surface area contributed by atoms with Gasteiger partial charge in [-0.15, -0.1) is 0 Å². The molecule has 0 aliphatic carbocycles. The van der Waals surface area contributed by atoms with Crippen LogP contribution in [0, 0.1) is 0 Å². The summed E-state index contributed by atoms with van der Waals surface area (Å²) in [5.74, 6) is 0.275. The van der Waals surface area contributed by atoms with Crippen molar-refractivity contribution in [2.45, 2.75) is 12.7 Å². The number of nitrogens with zero attached hydrogens (tertiary/aromatic N) is 4. The number of rotatable bonds is 3. The second-order valence-electron chi connectivity index (χ2n) is 5.78. The largest absolute Gasteiger partial charge is 0.468 e. The van der Waals surface area contributed by atoms with Gasteiger partial charge < -0.3 is 9.32 Å². The molecule has 6 nitrogen and oxygen atoms in total. The number of furan rings is 1. The van der Waals surface area contributed by atoms with Gasteiger partial charge in [-0.2, -0.15) is 18.3 Å². The van der Waals surface area contributed by atoms with Gasteiger partial charge in [0.1, 0.15) is 16.5 Å². The first-order valence-corrected chi connectivity index (χ1v) is 7.99. The Morgan fingerprint density at radius 2 is 2.00 bits per heavy atom. The van der Waals surface area contributed by atoms with E-state index in [1.165, 1.54) is 11.9 Å². The topological polar surface area (TPSA) is 54.5 Å². The zero-order valence-electron chi connectivity index (χ0n) is 13.4. The van der Waals surface area contributed by atoms with E-state index in [2.05, 4.69) is 10.00 Å². The smallest absolute Gasteiger partial charge is 0.436 e. The Morgan fingerprint density at radius 1 is 1.32 bits per heavy atom. The number of alkyl halides is 3. The molecule has 3 heterocycles. The molecule has 2 aromatic heterocycles. The lowest BCUT2D eigenvalue weighted by Crippen LogP contribution is -2.48. The number of aromatic nitrogens is 2. The van der Waals surface area contributed by atoms with Gasteiger partial charge in [0.25, 0.3) is 5.91 Å². The lowest BCUT2D eigenvalue weighted by molar-refractivity contribution is -0.141. The molecule has 0 radical (unpaired) electrons. The van der Waals surface area contributed by atoms with Crippen LogP contribution in [0.3, 0.4) is 0 Å². The molecule has 1 aliphatic rings. The van der Waals surface area contributed by atoms with E-state index in [-0.39, 0.29) is 5.69 Å². The highest BCUT2D eigenvalue weighted by atomic mass is 35.5. The van der Waals surface area contributed by atoms with E-state index < -0.39 is 22.8 Å². The molecule has 1 amide bonds.